The molecule has 1 aromatic carbocycles. The Morgan fingerprint density at radius 3 is 2.76 bits per heavy atom. The molecule has 1 aromatic rings. The smallest absolute Gasteiger partial charge is 0.148 e. The molecule has 0 aliphatic rings. The molecular formula is C12H16N2O2S. The molecule has 1 N–H and O–H groups in total. The van der Waals surface area contributed by atoms with Gasteiger partial charge in [-0.25, -0.2) is 8.42 Å². The molecule has 0 radical (unpaired) electrons. The maximum atomic E-state index is 11.0. The number of rotatable bonds is 5. The van der Waals surface area contributed by atoms with Crippen LogP contribution in [0, 0.1) is 11.3 Å². The molecule has 0 saturated carbocycles. The van der Waals surface area contributed by atoms with Gasteiger partial charge in [0.2, 0.25) is 0 Å². The molecule has 0 saturated heterocycles. The average Bonchev–Trinajstić information content (AvgIpc) is 2.27. The van der Waals surface area contributed by atoms with Crippen LogP contribution in [-0.4, -0.2) is 27.0 Å². The number of sulfone groups is 1. The molecule has 1 atom stereocenters. The van der Waals surface area contributed by atoms with E-state index in [1.807, 2.05) is 19.1 Å². The van der Waals surface area contributed by atoms with E-state index in [1.165, 1.54) is 6.26 Å². The topological polar surface area (TPSA) is 70.0 Å². The van der Waals surface area contributed by atoms with Crippen molar-refractivity contribution in [1.29, 1.82) is 5.26 Å². The van der Waals surface area contributed by atoms with Crippen molar-refractivity contribution in [3.8, 4) is 6.07 Å². The summed E-state index contributed by atoms with van der Waals surface area (Å²) >= 11 is 0. The third kappa shape index (κ3) is 4.98. The minimum absolute atomic E-state index is 0.0325. The first-order chi connectivity index (χ1) is 7.92. The predicted octanol–water partition coefficient (Wildman–Crippen LogP) is 1.25. The fourth-order valence-electron chi connectivity index (χ4n) is 1.46. The van der Waals surface area contributed by atoms with Crippen LogP contribution >= 0.6 is 0 Å². The van der Waals surface area contributed by atoms with Crippen molar-refractivity contribution in [2.24, 2.45) is 0 Å². The second-order valence-corrected chi connectivity index (χ2v) is 6.30. The summed E-state index contributed by atoms with van der Waals surface area (Å²) in [6.07, 6.45) is 1.22. The van der Waals surface area contributed by atoms with Crippen LogP contribution in [-0.2, 0) is 9.84 Å². The fraction of sp³-hybridized carbons (Fsp3) is 0.417. The quantitative estimate of drug-likeness (QED) is 0.856. The Kier molecular flexibility index (Phi) is 4.67. The maximum Gasteiger partial charge on any atom is 0.148 e. The van der Waals surface area contributed by atoms with Crippen molar-refractivity contribution in [1.82, 2.24) is 5.32 Å². The van der Waals surface area contributed by atoms with Gasteiger partial charge in [0, 0.05) is 18.8 Å². The number of hydrogen-bond donors (Lipinski definition) is 1. The molecule has 0 fully saturated rings. The van der Waals surface area contributed by atoms with E-state index in [0.717, 1.165) is 5.56 Å². The second-order valence-electron chi connectivity index (χ2n) is 4.04. The summed E-state index contributed by atoms with van der Waals surface area (Å²) in [6.45, 7) is 2.36. The molecule has 4 nitrogen and oxygen atoms in total. The Morgan fingerprint density at radius 1 is 1.47 bits per heavy atom. The van der Waals surface area contributed by atoms with Gasteiger partial charge in [-0.3, -0.25) is 0 Å². The molecule has 0 aliphatic heterocycles. The summed E-state index contributed by atoms with van der Waals surface area (Å²) in [4.78, 5) is 0. The minimum atomic E-state index is -2.93. The molecule has 1 rings (SSSR count). The first kappa shape index (κ1) is 13.7. The van der Waals surface area contributed by atoms with E-state index < -0.39 is 9.84 Å². The van der Waals surface area contributed by atoms with Gasteiger partial charge in [0.05, 0.1) is 17.4 Å². The highest BCUT2D eigenvalue weighted by molar-refractivity contribution is 7.90. The number of hydrogen-bond acceptors (Lipinski definition) is 4. The van der Waals surface area contributed by atoms with Crippen molar-refractivity contribution < 1.29 is 8.42 Å². The highest BCUT2D eigenvalue weighted by Crippen LogP contribution is 2.13. The van der Waals surface area contributed by atoms with E-state index in [9.17, 15) is 8.42 Å². The molecule has 1 unspecified atom stereocenters. The Bertz CT molecular complexity index is 518. The standard InChI is InChI=1S/C12H16N2O2S/c1-10(14-6-7-17(2,15)16)12-5-3-4-11(8-12)9-13/h3-5,8,10,14H,6-7H2,1-2H3. The maximum absolute atomic E-state index is 11.0. The van der Waals surface area contributed by atoms with Gasteiger partial charge < -0.3 is 5.32 Å². The first-order valence-corrected chi connectivity index (χ1v) is 7.39. The van der Waals surface area contributed by atoms with Gasteiger partial charge in [-0.15, -0.1) is 0 Å². The highest BCUT2D eigenvalue weighted by atomic mass is 32.2. The van der Waals surface area contributed by atoms with Crippen LogP contribution < -0.4 is 5.32 Å². The largest absolute Gasteiger partial charge is 0.309 e. The Morgan fingerprint density at radius 2 is 2.18 bits per heavy atom. The lowest BCUT2D eigenvalue weighted by molar-refractivity contribution is 0.575. The number of nitrogens with one attached hydrogen (secondary N) is 1. The molecule has 5 heteroatoms. The number of nitrogens with zero attached hydrogens (tertiary/aromatic N) is 1. The van der Waals surface area contributed by atoms with E-state index in [4.69, 9.17) is 5.26 Å². The monoisotopic (exact) mass is 252 g/mol. The molecule has 0 amide bonds. The minimum Gasteiger partial charge on any atom is -0.309 e. The summed E-state index contributed by atoms with van der Waals surface area (Å²) in [7, 11) is -2.93. The molecule has 0 aliphatic carbocycles. The normalized spacial score (nSPS) is 13.0. The lowest BCUT2D eigenvalue weighted by atomic mass is 10.1. The molecule has 0 spiro atoms. The summed E-state index contributed by atoms with van der Waals surface area (Å²) < 4.78 is 21.9. The molecule has 17 heavy (non-hydrogen) atoms. The van der Waals surface area contributed by atoms with Crippen molar-refractivity contribution in [3.63, 3.8) is 0 Å². The van der Waals surface area contributed by atoms with Gasteiger partial charge >= 0.3 is 0 Å². The van der Waals surface area contributed by atoms with Crippen LogP contribution in [0.2, 0.25) is 0 Å². The van der Waals surface area contributed by atoms with Crippen LogP contribution in [0.25, 0.3) is 0 Å². The van der Waals surface area contributed by atoms with E-state index in [2.05, 4.69) is 11.4 Å². The van der Waals surface area contributed by atoms with Gasteiger partial charge in [0.15, 0.2) is 0 Å². The van der Waals surface area contributed by atoms with Gasteiger partial charge in [-0.2, -0.15) is 5.26 Å². The first-order valence-electron chi connectivity index (χ1n) is 5.33. The van der Waals surface area contributed by atoms with E-state index in [0.29, 0.717) is 12.1 Å². The van der Waals surface area contributed by atoms with Crippen molar-refractivity contribution in [2.75, 3.05) is 18.6 Å². The molecule has 0 aromatic heterocycles. The van der Waals surface area contributed by atoms with E-state index in [1.54, 1.807) is 12.1 Å². The van der Waals surface area contributed by atoms with Crippen LogP contribution in [0.5, 0.6) is 0 Å². The predicted molar refractivity (Wildman–Crippen MR) is 67.3 cm³/mol. The Balaban J connectivity index is 2.58. The van der Waals surface area contributed by atoms with E-state index >= 15 is 0 Å². The third-order valence-electron chi connectivity index (χ3n) is 2.44. The molecule has 0 bridgehead atoms. The van der Waals surface area contributed by atoms with Crippen molar-refractivity contribution >= 4 is 9.84 Å². The lowest BCUT2D eigenvalue weighted by Crippen LogP contribution is -2.25. The highest BCUT2D eigenvalue weighted by Gasteiger charge is 2.07. The average molecular weight is 252 g/mol. The SMILES string of the molecule is CC(NCCS(C)(=O)=O)c1cccc(C#N)c1. The third-order valence-corrected chi connectivity index (χ3v) is 3.38. The van der Waals surface area contributed by atoms with Crippen LogP contribution in [0.1, 0.15) is 24.1 Å². The zero-order chi connectivity index (χ0) is 12.9. The molecule has 92 valence electrons. The van der Waals surface area contributed by atoms with Crippen LogP contribution in [0.15, 0.2) is 24.3 Å². The lowest BCUT2D eigenvalue weighted by Gasteiger charge is -2.13. The van der Waals surface area contributed by atoms with Gasteiger partial charge in [-0.1, -0.05) is 12.1 Å². The number of nitriles is 1. The summed E-state index contributed by atoms with van der Waals surface area (Å²) in [6, 6.07) is 9.40. The van der Waals surface area contributed by atoms with Gasteiger partial charge in [-0.05, 0) is 24.6 Å². The van der Waals surface area contributed by atoms with Gasteiger partial charge in [0.25, 0.3) is 0 Å². The molecule has 0 heterocycles. The van der Waals surface area contributed by atoms with Crippen LogP contribution in [0.3, 0.4) is 0 Å². The fourth-order valence-corrected chi connectivity index (χ4v) is 1.94. The molecular weight excluding hydrogens is 236 g/mol. The van der Waals surface area contributed by atoms with Crippen LogP contribution in [0.4, 0.5) is 0 Å². The van der Waals surface area contributed by atoms with Crippen molar-refractivity contribution in [2.45, 2.75) is 13.0 Å². The second kappa shape index (κ2) is 5.80. The zero-order valence-electron chi connectivity index (χ0n) is 9.97. The van der Waals surface area contributed by atoms with E-state index in [-0.39, 0.29) is 11.8 Å². The van der Waals surface area contributed by atoms with Crippen molar-refractivity contribution in [3.05, 3.63) is 35.4 Å². The summed E-state index contributed by atoms with van der Waals surface area (Å²) in [5.74, 6) is 0.120. The van der Waals surface area contributed by atoms with Gasteiger partial charge in [0.1, 0.15) is 9.84 Å². The summed E-state index contributed by atoms with van der Waals surface area (Å²) in [5, 5.41) is 11.9. The Labute approximate surface area is 102 Å². The number of benzene rings is 1. The summed E-state index contributed by atoms with van der Waals surface area (Å²) in [5.41, 5.74) is 1.59. The zero-order valence-corrected chi connectivity index (χ0v) is 10.8. The Hall–Kier alpha value is -1.38.